The third-order valence-electron chi connectivity index (χ3n) is 2.82. The number of rotatable bonds is 8. The van der Waals surface area contributed by atoms with Gasteiger partial charge >= 0.3 is 0 Å². The zero-order chi connectivity index (χ0) is 16.2. The molecule has 0 heterocycles. The van der Waals surface area contributed by atoms with Gasteiger partial charge in [0.25, 0.3) is 0 Å². The second-order valence-electron chi connectivity index (χ2n) is 4.97. The van der Waals surface area contributed by atoms with Crippen LogP contribution in [0, 0.1) is 0 Å². The van der Waals surface area contributed by atoms with Gasteiger partial charge in [0.2, 0.25) is 5.91 Å². The van der Waals surface area contributed by atoms with E-state index in [0.29, 0.717) is 19.1 Å². The average Bonchev–Trinajstić information content (AvgIpc) is 2.53. The molecule has 6 nitrogen and oxygen atoms in total. The predicted octanol–water partition coefficient (Wildman–Crippen LogP) is 1.72. The number of carbonyl (C=O) groups excluding carboxylic acids is 1. The van der Waals surface area contributed by atoms with Crippen molar-refractivity contribution in [3.63, 3.8) is 0 Å². The standard InChI is InChI=1S/C16H26N4O2.HI/c1-4-10-17-16(19-13-15(21)20(2)3)18-11-12-22-14-8-6-5-7-9-14;/h5-9H,4,10-13H2,1-3H3,(H2,17,18,19);1H. The van der Waals surface area contributed by atoms with Gasteiger partial charge < -0.3 is 20.3 Å². The number of carbonyl (C=O) groups is 1. The molecule has 1 aromatic carbocycles. The summed E-state index contributed by atoms with van der Waals surface area (Å²) in [5, 5.41) is 6.34. The number of benzene rings is 1. The van der Waals surface area contributed by atoms with Crippen molar-refractivity contribution in [1.82, 2.24) is 15.5 Å². The second kappa shape index (κ2) is 13.0. The summed E-state index contributed by atoms with van der Waals surface area (Å²) in [6.07, 6.45) is 0.989. The molecule has 0 bridgehead atoms. The van der Waals surface area contributed by atoms with Gasteiger partial charge in [-0.15, -0.1) is 24.0 Å². The summed E-state index contributed by atoms with van der Waals surface area (Å²) in [4.78, 5) is 17.4. The van der Waals surface area contributed by atoms with Gasteiger partial charge in [-0.1, -0.05) is 25.1 Å². The Morgan fingerprint density at radius 3 is 2.43 bits per heavy atom. The Morgan fingerprint density at radius 2 is 1.83 bits per heavy atom. The minimum absolute atomic E-state index is 0. The highest BCUT2D eigenvalue weighted by molar-refractivity contribution is 14.0. The fraction of sp³-hybridized carbons (Fsp3) is 0.500. The molecular formula is C16H27IN4O2. The van der Waals surface area contributed by atoms with Crippen LogP contribution in [0.15, 0.2) is 35.3 Å². The lowest BCUT2D eigenvalue weighted by molar-refractivity contribution is -0.127. The van der Waals surface area contributed by atoms with Crippen molar-refractivity contribution in [3.8, 4) is 5.75 Å². The van der Waals surface area contributed by atoms with Crippen LogP contribution in [-0.4, -0.2) is 57.1 Å². The lowest BCUT2D eigenvalue weighted by atomic mass is 10.3. The number of ether oxygens (including phenoxy) is 1. The molecule has 0 fully saturated rings. The van der Waals surface area contributed by atoms with E-state index in [1.807, 2.05) is 30.3 Å². The fourth-order valence-electron chi connectivity index (χ4n) is 1.56. The highest BCUT2D eigenvalue weighted by Gasteiger charge is 2.04. The minimum Gasteiger partial charge on any atom is -0.492 e. The van der Waals surface area contributed by atoms with Crippen molar-refractivity contribution < 1.29 is 9.53 Å². The Balaban J connectivity index is 0.00000484. The molecule has 0 atom stereocenters. The van der Waals surface area contributed by atoms with Crippen LogP contribution in [0.4, 0.5) is 0 Å². The summed E-state index contributed by atoms with van der Waals surface area (Å²) in [6, 6.07) is 9.66. The summed E-state index contributed by atoms with van der Waals surface area (Å²) in [5.74, 6) is 1.44. The first-order chi connectivity index (χ1) is 10.6. The van der Waals surface area contributed by atoms with Gasteiger partial charge in [0.1, 0.15) is 18.9 Å². The largest absolute Gasteiger partial charge is 0.492 e. The molecule has 0 aromatic heterocycles. The Morgan fingerprint density at radius 1 is 1.17 bits per heavy atom. The number of para-hydroxylation sites is 1. The fourth-order valence-corrected chi connectivity index (χ4v) is 1.56. The number of hydrogen-bond donors (Lipinski definition) is 2. The normalized spacial score (nSPS) is 10.5. The molecule has 1 aromatic rings. The highest BCUT2D eigenvalue weighted by atomic mass is 127. The third kappa shape index (κ3) is 9.98. The number of halogens is 1. The summed E-state index contributed by atoms with van der Waals surface area (Å²) in [7, 11) is 3.44. The molecule has 0 aliphatic rings. The maximum atomic E-state index is 11.6. The lowest BCUT2D eigenvalue weighted by Crippen LogP contribution is -2.40. The molecular weight excluding hydrogens is 407 g/mol. The number of nitrogens with zero attached hydrogens (tertiary/aromatic N) is 2. The molecule has 23 heavy (non-hydrogen) atoms. The number of aliphatic imine (C=N–C) groups is 1. The van der Waals surface area contributed by atoms with Crippen molar-refractivity contribution in [3.05, 3.63) is 30.3 Å². The Kier molecular flexibility index (Phi) is 12.1. The van der Waals surface area contributed by atoms with E-state index in [4.69, 9.17) is 4.74 Å². The van der Waals surface area contributed by atoms with E-state index in [9.17, 15) is 4.79 Å². The Hall–Kier alpha value is -1.51. The molecule has 0 aliphatic heterocycles. The molecule has 0 saturated carbocycles. The minimum atomic E-state index is -0.0295. The van der Waals surface area contributed by atoms with Gasteiger partial charge in [0.05, 0.1) is 6.54 Å². The SMILES string of the molecule is CCCNC(=NCC(=O)N(C)C)NCCOc1ccccc1.I. The van der Waals surface area contributed by atoms with Crippen molar-refractivity contribution in [2.75, 3.05) is 40.3 Å². The van der Waals surface area contributed by atoms with Crippen LogP contribution >= 0.6 is 24.0 Å². The number of nitrogens with one attached hydrogen (secondary N) is 2. The molecule has 0 unspecified atom stereocenters. The van der Waals surface area contributed by atoms with E-state index in [2.05, 4.69) is 22.5 Å². The zero-order valence-corrected chi connectivity index (χ0v) is 16.4. The first-order valence-corrected chi connectivity index (χ1v) is 7.53. The van der Waals surface area contributed by atoms with Crippen LogP contribution in [-0.2, 0) is 4.79 Å². The van der Waals surface area contributed by atoms with E-state index in [-0.39, 0.29) is 36.4 Å². The molecule has 0 radical (unpaired) electrons. The molecule has 1 rings (SSSR count). The number of guanidine groups is 1. The Bertz CT molecular complexity index is 466. The van der Waals surface area contributed by atoms with Crippen molar-refractivity contribution in [2.45, 2.75) is 13.3 Å². The molecule has 0 aliphatic carbocycles. The maximum Gasteiger partial charge on any atom is 0.243 e. The second-order valence-corrected chi connectivity index (χ2v) is 4.97. The third-order valence-corrected chi connectivity index (χ3v) is 2.82. The van der Waals surface area contributed by atoms with Crippen LogP contribution in [0.2, 0.25) is 0 Å². The first kappa shape index (κ1) is 21.5. The summed E-state index contributed by atoms with van der Waals surface area (Å²) < 4.78 is 5.60. The van der Waals surface area contributed by atoms with Crippen molar-refractivity contribution >= 4 is 35.8 Å². The van der Waals surface area contributed by atoms with E-state index < -0.39 is 0 Å². The summed E-state index contributed by atoms with van der Waals surface area (Å²) in [6.45, 7) is 4.15. The molecule has 130 valence electrons. The van der Waals surface area contributed by atoms with E-state index in [0.717, 1.165) is 18.7 Å². The monoisotopic (exact) mass is 434 g/mol. The molecule has 0 saturated heterocycles. The van der Waals surface area contributed by atoms with Crippen molar-refractivity contribution in [2.24, 2.45) is 4.99 Å². The first-order valence-electron chi connectivity index (χ1n) is 7.53. The van der Waals surface area contributed by atoms with Crippen LogP contribution in [0.25, 0.3) is 0 Å². The predicted molar refractivity (Wildman–Crippen MR) is 105 cm³/mol. The smallest absolute Gasteiger partial charge is 0.243 e. The van der Waals surface area contributed by atoms with Crippen LogP contribution in [0.3, 0.4) is 0 Å². The van der Waals surface area contributed by atoms with Gasteiger partial charge in [0.15, 0.2) is 5.96 Å². The van der Waals surface area contributed by atoms with E-state index in [1.54, 1.807) is 14.1 Å². The van der Waals surface area contributed by atoms with E-state index >= 15 is 0 Å². The zero-order valence-electron chi connectivity index (χ0n) is 14.0. The quantitative estimate of drug-likeness (QED) is 0.283. The molecule has 2 N–H and O–H groups in total. The van der Waals surface area contributed by atoms with Gasteiger partial charge in [0, 0.05) is 20.6 Å². The van der Waals surface area contributed by atoms with Crippen LogP contribution in [0.1, 0.15) is 13.3 Å². The van der Waals surface area contributed by atoms with Gasteiger partial charge in [-0.25, -0.2) is 4.99 Å². The average molecular weight is 434 g/mol. The van der Waals surface area contributed by atoms with E-state index in [1.165, 1.54) is 4.90 Å². The Labute approximate surface area is 155 Å². The topological polar surface area (TPSA) is 66.0 Å². The summed E-state index contributed by atoms with van der Waals surface area (Å²) in [5.41, 5.74) is 0. The van der Waals surface area contributed by atoms with Gasteiger partial charge in [-0.3, -0.25) is 4.79 Å². The molecule has 0 spiro atoms. The maximum absolute atomic E-state index is 11.6. The lowest BCUT2D eigenvalue weighted by Gasteiger charge is -2.13. The van der Waals surface area contributed by atoms with Crippen LogP contribution in [0.5, 0.6) is 5.75 Å². The van der Waals surface area contributed by atoms with Gasteiger partial charge in [-0.05, 0) is 18.6 Å². The molecule has 1 amide bonds. The van der Waals surface area contributed by atoms with Gasteiger partial charge in [-0.2, -0.15) is 0 Å². The number of hydrogen-bond acceptors (Lipinski definition) is 3. The number of amides is 1. The van der Waals surface area contributed by atoms with Crippen molar-refractivity contribution in [1.29, 1.82) is 0 Å². The number of likely N-dealkylation sites (N-methyl/N-ethyl adjacent to an activating group) is 1. The summed E-state index contributed by atoms with van der Waals surface area (Å²) >= 11 is 0. The highest BCUT2D eigenvalue weighted by Crippen LogP contribution is 2.07. The van der Waals surface area contributed by atoms with Crippen LogP contribution < -0.4 is 15.4 Å². The molecule has 7 heteroatoms.